The average molecular weight is 278 g/mol. The third kappa shape index (κ3) is 3.95. The maximum atomic E-state index is 5.49. The number of hydrogen-bond donors (Lipinski definition) is 1. The van der Waals surface area contributed by atoms with Gasteiger partial charge in [-0.25, -0.2) is 0 Å². The van der Waals surface area contributed by atoms with Crippen LogP contribution in [0.1, 0.15) is 24.5 Å². The van der Waals surface area contributed by atoms with Crippen LogP contribution in [0.5, 0.6) is 5.75 Å². The molecule has 1 aromatic rings. The summed E-state index contributed by atoms with van der Waals surface area (Å²) in [7, 11) is 3.54. The number of nitrogens with one attached hydrogen (secondary N) is 1. The van der Waals surface area contributed by atoms with E-state index >= 15 is 0 Å². The van der Waals surface area contributed by atoms with E-state index < -0.39 is 0 Å². The lowest BCUT2D eigenvalue weighted by molar-refractivity contribution is 0.107. The van der Waals surface area contributed by atoms with Gasteiger partial charge in [0.1, 0.15) is 5.75 Å². The highest BCUT2D eigenvalue weighted by atomic mass is 16.5. The number of nitrogens with zero attached hydrogens (tertiary/aromatic N) is 1. The zero-order valence-electron chi connectivity index (χ0n) is 12.8. The van der Waals surface area contributed by atoms with Crippen molar-refractivity contribution in [3.05, 3.63) is 29.3 Å². The molecule has 1 atom stereocenters. The molecule has 0 bridgehead atoms. The number of hydrogen-bond acceptors (Lipinski definition) is 4. The van der Waals surface area contributed by atoms with E-state index in [0.29, 0.717) is 6.10 Å². The maximum Gasteiger partial charge on any atom is 0.123 e. The summed E-state index contributed by atoms with van der Waals surface area (Å²) in [6, 6.07) is 6.46. The Morgan fingerprint density at radius 3 is 2.85 bits per heavy atom. The average Bonchev–Trinajstić information content (AvgIpc) is 2.93. The summed E-state index contributed by atoms with van der Waals surface area (Å²) in [4.78, 5) is 2.43. The zero-order chi connectivity index (χ0) is 14.4. The first-order valence-electron chi connectivity index (χ1n) is 7.38. The molecule has 1 fully saturated rings. The summed E-state index contributed by atoms with van der Waals surface area (Å²) in [5.41, 5.74) is 2.57. The zero-order valence-corrected chi connectivity index (χ0v) is 12.8. The molecule has 0 amide bonds. The van der Waals surface area contributed by atoms with Crippen LogP contribution in [0.2, 0.25) is 0 Å². The second-order valence-corrected chi connectivity index (χ2v) is 5.31. The first-order chi connectivity index (χ1) is 9.76. The molecule has 0 aromatic heterocycles. The monoisotopic (exact) mass is 278 g/mol. The van der Waals surface area contributed by atoms with Crippen molar-refractivity contribution in [2.45, 2.75) is 32.5 Å². The van der Waals surface area contributed by atoms with Gasteiger partial charge in [-0.3, -0.25) is 4.90 Å². The summed E-state index contributed by atoms with van der Waals surface area (Å²) < 4.78 is 10.9. The third-order valence-electron chi connectivity index (χ3n) is 3.88. The van der Waals surface area contributed by atoms with Crippen molar-refractivity contribution >= 4 is 0 Å². The van der Waals surface area contributed by atoms with Gasteiger partial charge in [0.25, 0.3) is 0 Å². The molecule has 4 nitrogen and oxygen atoms in total. The molecular weight excluding hydrogens is 252 g/mol. The normalized spacial score (nSPS) is 19.4. The van der Waals surface area contributed by atoms with Crippen molar-refractivity contribution in [1.29, 1.82) is 0 Å². The number of methoxy groups -OCH3 is 2. The fourth-order valence-corrected chi connectivity index (χ4v) is 2.71. The molecule has 0 aliphatic carbocycles. The second-order valence-electron chi connectivity index (χ2n) is 5.31. The van der Waals surface area contributed by atoms with Crippen molar-refractivity contribution in [3.63, 3.8) is 0 Å². The Balaban J connectivity index is 2.04. The van der Waals surface area contributed by atoms with E-state index in [4.69, 9.17) is 9.47 Å². The Hall–Kier alpha value is -1.10. The Labute approximate surface area is 122 Å². The molecule has 112 valence electrons. The largest absolute Gasteiger partial charge is 0.496 e. The summed E-state index contributed by atoms with van der Waals surface area (Å²) in [6.07, 6.45) is 1.50. The highest BCUT2D eigenvalue weighted by Gasteiger charge is 2.22. The van der Waals surface area contributed by atoms with Crippen LogP contribution in [-0.4, -0.2) is 44.9 Å². The van der Waals surface area contributed by atoms with E-state index in [-0.39, 0.29) is 0 Å². The molecule has 0 spiro atoms. The molecule has 20 heavy (non-hydrogen) atoms. The topological polar surface area (TPSA) is 33.7 Å². The van der Waals surface area contributed by atoms with Gasteiger partial charge in [-0.1, -0.05) is 13.0 Å². The van der Waals surface area contributed by atoms with Crippen molar-refractivity contribution < 1.29 is 9.47 Å². The summed E-state index contributed by atoms with van der Waals surface area (Å²) in [5, 5.41) is 3.36. The van der Waals surface area contributed by atoms with E-state index in [0.717, 1.165) is 44.9 Å². The standard InChI is InChI=1S/C16H26N2O2/c1-4-17-10-13-5-6-16(20-3)14(9-13)11-18-8-7-15(12-18)19-2/h5-6,9,15,17H,4,7-8,10-12H2,1-3H3. The first kappa shape index (κ1) is 15.3. The Morgan fingerprint density at radius 2 is 2.20 bits per heavy atom. The Bertz CT molecular complexity index is 423. The number of benzene rings is 1. The Morgan fingerprint density at radius 1 is 1.35 bits per heavy atom. The van der Waals surface area contributed by atoms with Gasteiger partial charge in [0.15, 0.2) is 0 Å². The smallest absolute Gasteiger partial charge is 0.123 e. The van der Waals surface area contributed by atoms with Crippen LogP contribution in [0, 0.1) is 0 Å². The van der Waals surface area contributed by atoms with Gasteiger partial charge in [-0.05, 0) is 30.7 Å². The van der Waals surface area contributed by atoms with Gasteiger partial charge < -0.3 is 14.8 Å². The van der Waals surface area contributed by atoms with Gasteiger partial charge in [0.2, 0.25) is 0 Å². The fraction of sp³-hybridized carbons (Fsp3) is 0.625. The van der Waals surface area contributed by atoms with Crippen molar-refractivity contribution in [3.8, 4) is 5.75 Å². The lowest BCUT2D eigenvalue weighted by atomic mass is 10.1. The van der Waals surface area contributed by atoms with Gasteiger partial charge in [-0.2, -0.15) is 0 Å². The maximum absolute atomic E-state index is 5.49. The molecule has 1 unspecified atom stereocenters. The number of rotatable bonds is 7. The van der Waals surface area contributed by atoms with Crippen molar-refractivity contribution in [2.24, 2.45) is 0 Å². The SMILES string of the molecule is CCNCc1ccc(OC)c(CN2CCC(OC)C2)c1. The Kier molecular flexibility index (Phi) is 5.83. The van der Waals surface area contributed by atoms with E-state index in [1.54, 1.807) is 14.2 Å². The minimum absolute atomic E-state index is 0.380. The van der Waals surface area contributed by atoms with Crippen molar-refractivity contribution in [2.75, 3.05) is 33.9 Å². The first-order valence-corrected chi connectivity index (χ1v) is 7.38. The minimum atomic E-state index is 0.380. The second kappa shape index (κ2) is 7.62. The van der Waals surface area contributed by atoms with Crippen LogP contribution in [0.4, 0.5) is 0 Å². The van der Waals surface area contributed by atoms with Gasteiger partial charge in [-0.15, -0.1) is 0 Å². The van der Waals surface area contributed by atoms with E-state index in [9.17, 15) is 0 Å². The van der Waals surface area contributed by atoms with Crippen molar-refractivity contribution in [1.82, 2.24) is 10.2 Å². The van der Waals surface area contributed by atoms with Crippen LogP contribution >= 0.6 is 0 Å². The van der Waals surface area contributed by atoms with E-state index in [1.165, 1.54) is 11.1 Å². The molecular formula is C16H26N2O2. The van der Waals surface area contributed by atoms with Crippen LogP contribution in [0.15, 0.2) is 18.2 Å². The summed E-state index contributed by atoms with van der Waals surface area (Å²) in [5.74, 6) is 0.978. The quantitative estimate of drug-likeness (QED) is 0.827. The van der Waals surface area contributed by atoms with Crippen LogP contribution in [0.3, 0.4) is 0 Å². The molecule has 4 heteroatoms. The van der Waals surface area contributed by atoms with E-state index in [2.05, 4.69) is 35.3 Å². The molecule has 0 saturated carbocycles. The highest BCUT2D eigenvalue weighted by Crippen LogP contribution is 2.24. The number of likely N-dealkylation sites (tertiary alicyclic amines) is 1. The lowest BCUT2D eigenvalue weighted by Crippen LogP contribution is -2.23. The van der Waals surface area contributed by atoms with Crippen LogP contribution in [0.25, 0.3) is 0 Å². The molecule has 1 aliphatic rings. The van der Waals surface area contributed by atoms with E-state index in [1.807, 2.05) is 0 Å². The summed E-state index contributed by atoms with van der Waals surface area (Å²) >= 11 is 0. The lowest BCUT2D eigenvalue weighted by Gasteiger charge is -2.18. The molecule has 1 saturated heterocycles. The molecule has 1 aliphatic heterocycles. The van der Waals surface area contributed by atoms with Gasteiger partial charge >= 0.3 is 0 Å². The predicted octanol–water partition coefficient (Wildman–Crippen LogP) is 2.03. The van der Waals surface area contributed by atoms with Gasteiger partial charge in [0.05, 0.1) is 13.2 Å². The molecule has 0 radical (unpaired) electrons. The highest BCUT2D eigenvalue weighted by molar-refractivity contribution is 5.37. The number of ether oxygens (including phenoxy) is 2. The molecule has 1 N–H and O–H groups in total. The van der Waals surface area contributed by atoms with Crippen LogP contribution < -0.4 is 10.1 Å². The molecule has 1 heterocycles. The fourth-order valence-electron chi connectivity index (χ4n) is 2.71. The van der Waals surface area contributed by atoms with Gasteiger partial charge in [0, 0.05) is 38.9 Å². The minimum Gasteiger partial charge on any atom is -0.496 e. The molecule has 1 aromatic carbocycles. The predicted molar refractivity (Wildman–Crippen MR) is 81.1 cm³/mol. The molecule has 2 rings (SSSR count). The third-order valence-corrected chi connectivity index (χ3v) is 3.88. The summed E-state index contributed by atoms with van der Waals surface area (Å²) in [6.45, 7) is 7.07. The van der Waals surface area contributed by atoms with Crippen LogP contribution in [-0.2, 0) is 17.8 Å².